The first kappa shape index (κ1) is 23.6. The fourth-order valence-electron chi connectivity index (χ4n) is 1.99. The Bertz CT molecular complexity index is 272. The third kappa shape index (κ3) is 15.0. The van der Waals surface area contributed by atoms with Crippen molar-refractivity contribution in [3.8, 4) is 0 Å². The number of unbranched alkanes of at least 4 members (excludes halogenated alkanes) is 8. The molecule has 0 bridgehead atoms. The zero-order chi connectivity index (χ0) is 15.2. The minimum absolute atomic E-state index is 0. The third-order valence-electron chi connectivity index (χ3n) is 3.44. The second-order valence-corrected chi connectivity index (χ2v) is 5.39. The van der Waals surface area contributed by atoms with Crippen molar-refractivity contribution < 1.29 is 14.3 Å². The number of hydrogen-bond acceptors (Lipinski definition) is 4. The van der Waals surface area contributed by atoms with Gasteiger partial charge in [-0.3, -0.25) is 4.79 Å². The Morgan fingerprint density at radius 2 is 1.38 bits per heavy atom. The molecule has 0 saturated carbocycles. The number of carbonyl (C=O) groups excluding carboxylic acids is 2. The maximum atomic E-state index is 11.4. The molecular weight excluding hydrogens is 294 g/mol. The zero-order valence-electron chi connectivity index (χ0n) is 13.9. The van der Waals surface area contributed by atoms with Crippen molar-refractivity contribution >= 4 is 49.7 Å². The third-order valence-corrected chi connectivity index (χ3v) is 3.44. The fourth-order valence-corrected chi connectivity index (χ4v) is 1.99. The molecule has 1 atom stereocenters. The van der Waals surface area contributed by atoms with E-state index in [4.69, 9.17) is 5.73 Å². The van der Waals surface area contributed by atoms with E-state index in [1.54, 1.807) is 6.92 Å². The molecule has 0 aliphatic heterocycles. The first-order valence-corrected chi connectivity index (χ1v) is 8.11. The van der Waals surface area contributed by atoms with Gasteiger partial charge in [-0.1, -0.05) is 65.2 Å². The molecule has 21 heavy (non-hydrogen) atoms. The van der Waals surface area contributed by atoms with Gasteiger partial charge in [-0.25, -0.2) is 4.79 Å². The Hall–Kier alpha value is 0.360. The van der Waals surface area contributed by atoms with Crippen molar-refractivity contribution in [1.29, 1.82) is 0 Å². The second-order valence-electron chi connectivity index (χ2n) is 5.39. The molecule has 5 heteroatoms. The molecule has 2 radical (unpaired) electrons. The van der Waals surface area contributed by atoms with Crippen molar-refractivity contribution in [3.63, 3.8) is 0 Å². The number of ether oxygens (including phenoxy) is 1. The van der Waals surface area contributed by atoms with Crippen LogP contribution in [0.1, 0.15) is 84.5 Å². The Morgan fingerprint density at radius 1 is 0.905 bits per heavy atom. The standard InChI is InChI=1S/C16H31NO3.Ca/c1-3-5-6-7-8-9-10-11-12-13-15(18)20-16(19)14(17)4-2;/h14H,3-13,17H2,1-2H3;/t14-;/m0./s1. The van der Waals surface area contributed by atoms with E-state index in [-0.39, 0.29) is 37.7 Å². The largest absolute Gasteiger partial charge is 0.392 e. The van der Waals surface area contributed by atoms with Gasteiger partial charge in [0.15, 0.2) is 0 Å². The van der Waals surface area contributed by atoms with E-state index in [1.165, 1.54) is 38.5 Å². The minimum Gasteiger partial charge on any atom is -0.392 e. The average molecular weight is 326 g/mol. The van der Waals surface area contributed by atoms with Crippen LogP contribution in [-0.2, 0) is 14.3 Å². The second kappa shape index (κ2) is 16.7. The van der Waals surface area contributed by atoms with Gasteiger partial charge < -0.3 is 10.5 Å². The van der Waals surface area contributed by atoms with Crippen LogP contribution in [0.3, 0.4) is 0 Å². The van der Waals surface area contributed by atoms with E-state index in [9.17, 15) is 9.59 Å². The van der Waals surface area contributed by atoms with E-state index < -0.39 is 18.0 Å². The Balaban J connectivity index is 0. The van der Waals surface area contributed by atoms with E-state index >= 15 is 0 Å². The molecule has 0 aliphatic rings. The summed E-state index contributed by atoms with van der Waals surface area (Å²) in [4.78, 5) is 22.7. The Kier molecular flexibility index (Phi) is 18.8. The van der Waals surface area contributed by atoms with Crippen LogP contribution in [0.15, 0.2) is 0 Å². The summed E-state index contributed by atoms with van der Waals surface area (Å²) in [6.07, 6.45) is 11.6. The van der Waals surface area contributed by atoms with Crippen LogP contribution in [0.2, 0.25) is 0 Å². The Labute approximate surface area is 159 Å². The molecule has 120 valence electrons. The quantitative estimate of drug-likeness (QED) is 0.259. The van der Waals surface area contributed by atoms with Gasteiger partial charge in [0.05, 0.1) is 0 Å². The number of esters is 2. The smallest absolute Gasteiger partial charge is 0.330 e. The SMILES string of the molecule is CCCCCCCCCCCC(=O)OC(=O)[C@@H](N)CC.[Ca]. The summed E-state index contributed by atoms with van der Waals surface area (Å²) in [5.41, 5.74) is 5.48. The van der Waals surface area contributed by atoms with Crippen molar-refractivity contribution in [2.75, 3.05) is 0 Å². The van der Waals surface area contributed by atoms with Crippen LogP contribution in [0, 0.1) is 0 Å². The topological polar surface area (TPSA) is 69.4 Å². The van der Waals surface area contributed by atoms with E-state index in [2.05, 4.69) is 11.7 Å². The van der Waals surface area contributed by atoms with Crippen molar-refractivity contribution in [2.24, 2.45) is 5.73 Å². The maximum absolute atomic E-state index is 11.4. The molecule has 0 fully saturated rings. The predicted molar refractivity (Wildman–Crippen MR) is 87.0 cm³/mol. The maximum Gasteiger partial charge on any atom is 0.330 e. The Morgan fingerprint density at radius 3 is 1.86 bits per heavy atom. The summed E-state index contributed by atoms with van der Waals surface area (Å²) >= 11 is 0. The van der Waals surface area contributed by atoms with Gasteiger partial charge in [-0.15, -0.1) is 0 Å². The molecule has 0 amide bonds. The molecule has 4 nitrogen and oxygen atoms in total. The molecule has 0 aromatic heterocycles. The van der Waals surface area contributed by atoms with Crippen molar-refractivity contribution in [2.45, 2.75) is 90.5 Å². The van der Waals surface area contributed by atoms with Crippen molar-refractivity contribution in [1.82, 2.24) is 0 Å². The molecule has 0 aromatic rings. The van der Waals surface area contributed by atoms with Crippen LogP contribution >= 0.6 is 0 Å². The van der Waals surface area contributed by atoms with E-state index in [0.29, 0.717) is 12.8 Å². The van der Waals surface area contributed by atoms with Gasteiger partial charge in [-0.2, -0.15) is 0 Å². The molecular formula is C16H31CaNO3. The first-order chi connectivity index (χ1) is 9.61. The average Bonchev–Trinajstić information content (AvgIpc) is 2.44. The van der Waals surface area contributed by atoms with Gasteiger partial charge in [0.25, 0.3) is 0 Å². The minimum atomic E-state index is -0.679. The molecule has 0 heterocycles. The summed E-state index contributed by atoms with van der Waals surface area (Å²) < 4.78 is 4.67. The summed E-state index contributed by atoms with van der Waals surface area (Å²) in [5.74, 6) is -1.05. The van der Waals surface area contributed by atoms with Crippen LogP contribution < -0.4 is 5.73 Å². The van der Waals surface area contributed by atoms with Gasteiger partial charge in [0.2, 0.25) is 0 Å². The fraction of sp³-hybridized carbons (Fsp3) is 0.875. The monoisotopic (exact) mass is 325 g/mol. The molecule has 0 saturated heterocycles. The van der Waals surface area contributed by atoms with Crippen LogP contribution in [0.25, 0.3) is 0 Å². The molecule has 0 spiro atoms. The van der Waals surface area contributed by atoms with Crippen molar-refractivity contribution in [3.05, 3.63) is 0 Å². The molecule has 2 N–H and O–H groups in total. The summed E-state index contributed by atoms with van der Waals surface area (Å²) in [6.45, 7) is 4.01. The molecule has 0 aliphatic carbocycles. The number of rotatable bonds is 12. The first-order valence-electron chi connectivity index (χ1n) is 8.11. The molecule has 0 unspecified atom stereocenters. The van der Waals surface area contributed by atoms with E-state index in [0.717, 1.165) is 19.3 Å². The van der Waals surface area contributed by atoms with E-state index in [1.807, 2.05) is 0 Å². The van der Waals surface area contributed by atoms with Gasteiger partial charge in [0.1, 0.15) is 6.04 Å². The van der Waals surface area contributed by atoms with Gasteiger partial charge in [0, 0.05) is 44.2 Å². The summed E-state index contributed by atoms with van der Waals surface area (Å²) in [5, 5.41) is 0. The predicted octanol–water partition coefficient (Wildman–Crippen LogP) is 3.33. The molecule has 0 rings (SSSR count). The summed E-state index contributed by atoms with van der Waals surface area (Å²) in [7, 11) is 0. The van der Waals surface area contributed by atoms with Crippen LogP contribution in [-0.4, -0.2) is 55.7 Å². The normalized spacial score (nSPS) is 11.6. The van der Waals surface area contributed by atoms with Gasteiger partial charge >= 0.3 is 11.9 Å². The van der Waals surface area contributed by atoms with Crippen LogP contribution in [0.5, 0.6) is 0 Å². The zero-order valence-corrected chi connectivity index (χ0v) is 16.1. The number of hydrogen-bond donors (Lipinski definition) is 1. The summed E-state index contributed by atoms with van der Waals surface area (Å²) in [6, 6.07) is -0.679. The van der Waals surface area contributed by atoms with Crippen LogP contribution in [0.4, 0.5) is 0 Å². The number of carbonyl (C=O) groups is 2. The van der Waals surface area contributed by atoms with Gasteiger partial charge in [-0.05, 0) is 12.8 Å². The number of nitrogens with two attached hydrogens (primary N) is 1. The molecule has 0 aromatic carbocycles.